The number of hydrogen-bond donors (Lipinski definition) is 0. The van der Waals surface area contributed by atoms with E-state index >= 15 is 0 Å². The van der Waals surface area contributed by atoms with Crippen LogP contribution in [0.3, 0.4) is 0 Å². The van der Waals surface area contributed by atoms with Crippen molar-refractivity contribution in [1.82, 2.24) is 9.97 Å². The van der Waals surface area contributed by atoms with Crippen LogP contribution in [0.2, 0.25) is 5.02 Å². The summed E-state index contributed by atoms with van der Waals surface area (Å²) in [5.74, 6) is -0.369. The molecule has 24 heavy (non-hydrogen) atoms. The van der Waals surface area contributed by atoms with Gasteiger partial charge in [-0.05, 0) is 42.5 Å². The third-order valence-corrected chi connectivity index (χ3v) is 4.00. The van der Waals surface area contributed by atoms with E-state index in [4.69, 9.17) is 16.3 Å². The van der Waals surface area contributed by atoms with Crippen LogP contribution in [-0.4, -0.2) is 28.9 Å². The minimum atomic E-state index is -0.505. The number of benzene rings is 2. The fourth-order valence-corrected chi connectivity index (χ4v) is 2.76. The van der Waals surface area contributed by atoms with Gasteiger partial charge < -0.3 is 4.74 Å². The van der Waals surface area contributed by atoms with E-state index in [1.54, 1.807) is 49.6 Å². The van der Waals surface area contributed by atoms with Crippen LogP contribution in [0.15, 0.2) is 42.5 Å². The SMILES string of the molecule is COc1ccc(N2C(=O)c3nc4ccc(Cl)cc4nc3C2=O)cc1. The summed E-state index contributed by atoms with van der Waals surface area (Å²) in [5, 5.41) is 0.487. The average molecular weight is 340 g/mol. The smallest absolute Gasteiger partial charge is 0.286 e. The van der Waals surface area contributed by atoms with Crippen molar-refractivity contribution in [3.8, 4) is 5.75 Å². The van der Waals surface area contributed by atoms with E-state index in [1.807, 2.05) is 0 Å². The molecular weight excluding hydrogens is 330 g/mol. The van der Waals surface area contributed by atoms with E-state index in [0.717, 1.165) is 4.90 Å². The summed E-state index contributed by atoms with van der Waals surface area (Å²) in [6, 6.07) is 11.6. The van der Waals surface area contributed by atoms with Gasteiger partial charge in [0, 0.05) is 5.02 Å². The van der Waals surface area contributed by atoms with Gasteiger partial charge in [-0.1, -0.05) is 11.6 Å². The van der Waals surface area contributed by atoms with Gasteiger partial charge in [-0.15, -0.1) is 0 Å². The summed E-state index contributed by atoms with van der Waals surface area (Å²) < 4.78 is 5.09. The Kier molecular flexibility index (Phi) is 3.21. The molecule has 1 aromatic heterocycles. The van der Waals surface area contributed by atoms with Gasteiger partial charge in [0.05, 0.1) is 23.8 Å². The number of carbonyl (C=O) groups excluding carboxylic acids is 2. The van der Waals surface area contributed by atoms with Crippen molar-refractivity contribution < 1.29 is 14.3 Å². The van der Waals surface area contributed by atoms with Gasteiger partial charge in [0.15, 0.2) is 11.4 Å². The average Bonchev–Trinajstić information content (AvgIpc) is 2.84. The number of fused-ring (bicyclic) bond motifs is 2. The summed E-state index contributed by atoms with van der Waals surface area (Å²) in [7, 11) is 1.54. The van der Waals surface area contributed by atoms with Crippen molar-refractivity contribution in [2.75, 3.05) is 12.0 Å². The Morgan fingerprint density at radius 3 is 2.17 bits per heavy atom. The van der Waals surface area contributed by atoms with Gasteiger partial charge in [0.25, 0.3) is 11.8 Å². The lowest BCUT2D eigenvalue weighted by molar-refractivity contribution is 0.0923. The summed E-state index contributed by atoms with van der Waals surface area (Å²) in [6.45, 7) is 0. The lowest BCUT2D eigenvalue weighted by atomic mass is 10.2. The van der Waals surface area contributed by atoms with Crippen molar-refractivity contribution in [2.45, 2.75) is 0 Å². The fourth-order valence-electron chi connectivity index (χ4n) is 2.60. The molecule has 7 heteroatoms. The lowest BCUT2D eigenvalue weighted by Gasteiger charge is -2.13. The molecule has 0 unspecified atom stereocenters. The second-order valence-corrected chi connectivity index (χ2v) is 5.63. The zero-order valence-corrected chi connectivity index (χ0v) is 13.2. The predicted octanol–water partition coefficient (Wildman–Crippen LogP) is 3.09. The van der Waals surface area contributed by atoms with Crippen LogP contribution >= 0.6 is 11.6 Å². The minimum Gasteiger partial charge on any atom is -0.497 e. The molecule has 0 bridgehead atoms. The Labute approximate surface area is 141 Å². The van der Waals surface area contributed by atoms with E-state index in [-0.39, 0.29) is 11.4 Å². The number of hydrogen-bond acceptors (Lipinski definition) is 5. The Morgan fingerprint density at radius 2 is 1.54 bits per heavy atom. The molecule has 1 aliphatic rings. The minimum absolute atomic E-state index is 0.0329. The van der Waals surface area contributed by atoms with Crippen molar-refractivity contribution in [3.63, 3.8) is 0 Å². The van der Waals surface area contributed by atoms with Crippen LogP contribution in [-0.2, 0) is 0 Å². The third-order valence-electron chi connectivity index (χ3n) is 3.77. The Bertz CT molecular complexity index is 1000. The molecule has 0 radical (unpaired) electrons. The van der Waals surface area contributed by atoms with Gasteiger partial charge >= 0.3 is 0 Å². The van der Waals surface area contributed by atoms with Gasteiger partial charge in [-0.3, -0.25) is 9.59 Å². The number of aromatic nitrogens is 2. The molecule has 118 valence electrons. The van der Waals surface area contributed by atoms with Crippen LogP contribution < -0.4 is 9.64 Å². The molecule has 1 aliphatic heterocycles. The van der Waals surface area contributed by atoms with Gasteiger partial charge in [-0.25, -0.2) is 14.9 Å². The fraction of sp³-hybridized carbons (Fsp3) is 0.0588. The number of methoxy groups -OCH3 is 1. The van der Waals surface area contributed by atoms with Crippen LogP contribution in [0, 0.1) is 0 Å². The van der Waals surface area contributed by atoms with E-state index in [2.05, 4.69) is 9.97 Å². The first-order valence-electron chi connectivity index (χ1n) is 7.08. The lowest BCUT2D eigenvalue weighted by Crippen LogP contribution is -2.29. The Hall–Kier alpha value is -2.99. The molecule has 0 N–H and O–H groups in total. The molecule has 0 fully saturated rings. The molecule has 0 saturated carbocycles. The summed E-state index contributed by atoms with van der Waals surface area (Å²) in [5.41, 5.74) is 1.50. The highest BCUT2D eigenvalue weighted by Crippen LogP contribution is 2.29. The molecular formula is C17H10ClN3O3. The van der Waals surface area contributed by atoms with Crippen LogP contribution in [0.4, 0.5) is 5.69 Å². The highest BCUT2D eigenvalue weighted by Gasteiger charge is 2.40. The standard InChI is InChI=1S/C17H10ClN3O3/c1-24-11-5-3-10(4-6-11)21-16(22)14-15(17(21)23)20-13-8-9(18)2-7-12(13)19-14/h2-8H,1H3. The van der Waals surface area contributed by atoms with E-state index < -0.39 is 11.8 Å². The Balaban J connectivity index is 1.83. The topological polar surface area (TPSA) is 72.4 Å². The number of rotatable bonds is 2. The number of nitrogens with zero attached hydrogens (tertiary/aromatic N) is 3. The summed E-state index contributed by atoms with van der Waals surface area (Å²) in [4.78, 5) is 34.9. The molecule has 2 aromatic carbocycles. The van der Waals surface area contributed by atoms with Crippen molar-refractivity contribution in [1.29, 1.82) is 0 Å². The second kappa shape index (κ2) is 5.28. The summed E-state index contributed by atoms with van der Waals surface area (Å²) >= 11 is 5.95. The van der Waals surface area contributed by atoms with E-state index in [1.165, 1.54) is 0 Å². The molecule has 0 atom stereocenters. The summed E-state index contributed by atoms with van der Waals surface area (Å²) in [6.07, 6.45) is 0. The van der Waals surface area contributed by atoms with Crippen LogP contribution in [0.5, 0.6) is 5.75 Å². The van der Waals surface area contributed by atoms with E-state index in [9.17, 15) is 9.59 Å². The maximum absolute atomic E-state index is 12.6. The third kappa shape index (κ3) is 2.11. The molecule has 6 nitrogen and oxygen atoms in total. The maximum atomic E-state index is 12.6. The first-order chi connectivity index (χ1) is 11.6. The zero-order chi connectivity index (χ0) is 16.8. The van der Waals surface area contributed by atoms with Crippen molar-refractivity contribution in [3.05, 3.63) is 58.9 Å². The molecule has 2 amide bonds. The van der Waals surface area contributed by atoms with Gasteiger partial charge in [0.2, 0.25) is 0 Å². The molecule has 2 heterocycles. The predicted molar refractivity (Wildman–Crippen MR) is 88.7 cm³/mol. The number of ether oxygens (including phenoxy) is 1. The molecule has 4 rings (SSSR count). The molecule has 0 aliphatic carbocycles. The largest absolute Gasteiger partial charge is 0.497 e. The van der Waals surface area contributed by atoms with Crippen LogP contribution in [0.1, 0.15) is 21.0 Å². The molecule has 0 spiro atoms. The first-order valence-corrected chi connectivity index (χ1v) is 7.46. The van der Waals surface area contributed by atoms with Crippen molar-refractivity contribution >= 4 is 40.1 Å². The number of anilines is 1. The number of imide groups is 1. The van der Waals surface area contributed by atoms with Crippen molar-refractivity contribution in [2.24, 2.45) is 0 Å². The quantitative estimate of drug-likeness (QED) is 0.671. The molecule has 3 aromatic rings. The molecule has 0 saturated heterocycles. The maximum Gasteiger partial charge on any atom is 0.286 e. The second-order valence-electron chi connectivity index (χ2n) is 5.20. The highest BCUT2D eigenvalue weighted by atomic mass is 35.5. The normalized spacial score (nSPS) is 13.5. The van der Waals surface area contributed by atoms with E-state index in [0.29, 0.717) is 27.5 Å². The first kappa shape index (κ1) is 14.6. The number of amides is 2. The zero-order valence-electron chi connectivity index (χ0n) is 12.5. The van der Waals surface area contributed by atoms with Gasteiger partial charge in [0.1, 0.15) is 5.75 Å². The van der Waals surface area contributed by atoms with Crippen LogP contribution in [0.25, 0.3) is 11.0 Å². The number of halogens is 1. The monoisotopic (exact) mass is 339 g/mol. The Morgan fingerprint density at radius 1 is 0.917 bits per heavy atom. The number of carbonyl (C=O) groups is 2. The highest BCUT2D eigenvalue weighted by molar-refractivity contribution is 6.34. The van der Waals surface area contributed by atoms with Gasteiger partial charge in [-0.2, -0.15) is 0 Å².